The van der Waals surface area contributed by atoms with E-state index in [0.717, 1.165) is 38.0 Å². The normalized spacial score (nSPS) is 10.1. The molecule has 1 rings (SSSR count). The van der Waals surface area contributed by atoms with Crippen molar-refractivity contribution in [3.63, 3.8) is 0 Å². The summed E-state index contributed by atoms with van der Waals surface area (Å²) in [5.74, 6) is 0.696. The molecule has 0 saturated carbocycles. The SMILES string of the molecule is CCCCCNC(=O)COc1ccc(CC)cc1. The highest BCUT2D eigenvalue weighted by Gasteiger charge is 2.01. The summed E-state index contributed by atoms with van der Waals surface area (Å²) in [6.45, 7) is 5.09. The van der Waals surface area contributed by atoms with Crippen molar-refractivity contribution < 1.29 is 9.53 Å². The van der Waals surface area contributed by atoms with Gasteiger partial charge in [-0.25, -0.2) is 0 Å². The third-order valence-electron chi connectivity index (χ3n) is 2.80. The Morgan fingerprint density at radius 2 is 1.89 bits per heavy atom. The number of carbonyl (C=O) groups excluding carboxylic acids is 1. The van der Waals surface area contributed by atoms with Crippen molar-refractivity contribution in [1.29, 1.82) is 0 Å². The van der Waals surface area contributed by atoms with Gasteiger partial charge in [-0.15, -0.1) is 0 Å². The van der Waals surface area contributed by atoms with E-state index < -0.39 is 0 Å². The number of carbonyl (C=O) groups is 1. The molecule has 0 radical (unpaired) electrons. The zero-order valence-corrected chi connectivity index (χ0v) is 11.4. The lowest BCUT2D eigenvalue weighted by molar-refractivity contribution is -0.123. The van der Waals surface area contributed by atoms with Gasteiger partial charge in [0.2, 0.25) is 0 Å². The number of ether oxygens (including phenoxy) is 1. The van der Waals surface area contributed by atoms with Crippen LogP contribution in [0.25, 0.3) is 0 Å². The fourth-order valence-electron chi connectivity index (χ4n) is 1.62. The maximum Gasteiger partial charge on any atom is 0.257 e. The van der Waals surface area contributed by atoms with E-state index in [1.54, 1.807) is 0 Å². The van der Waals surface area contributed by atoms with Crippen molar-refractivity contribution in [2.75, 3.05) is 13.2 Å². The molecule has 1 amide bonds. The lowest BCUT2D eigenvalue weighted by Crippen LogP contribution is -2.29. The van der Waals surface area contributed by atoms with Crippen LogP contribution in [0.4, 0.5) is 0 Å². The van der Waals surface area contributed by atoms with Crippen LogP contribution in [0.3, 0.4) is 0 Å². The zero-order chi connectivity index (χ0) is 13.2. The molecule has 1 aromatic carbocycles. The molecule has 0 heterocycles. The molecule has 0 saturated heterocycles. The molecule has 0 spiro atoms. The average Bonchev–Trinajstić information content (AvgIpc) is 2.42. The van der Waals surface area contributed by atoms with Crippen LogP contribution in [0.1, 0.15) is 38.7 Å². The van der Waals surface area contributed by atoms with Crippen LogP contribution in [0.5, 0.6) is 5.75 Å². The fourth-order valence-corrected chi connectivity index (χ4v) is 1.62. The summed E-state index contributed by atoms with van der Waals surface area (Å²) in [7, 11) is 0. The summed E-state index contributed by atoms with van der Waals surface area (Å²) in [6, 6.07) is 7.86. The van der Waals surface area contributed by atoms with Gasteiger partial charge in [-0.2, -0.15) is 0 Å². The Morgan fingerprint density at radius 3 is 2.50 bits per heavy atom. The van der Waals surface area contributed by atoms with Gasteiger partial charge >= 0.3 is 0 Å². The first-order valence-electron chi connectivity index (χ1n) is 6.74. The molecule has 18 heavy (non-hydrogen) atoms. The van der Waals surface area contributed by atoms with E-state index in [4.69, 9.17) is 4.74 Å². The monoisotopic (exact) mass is 249 g/mol. The molecule has 0 aliphatic heterocycles. The number of nitrogens with one attached hydrogen (secondary N) is 1. The molecule has 0 aliphatic carbocycles. The van der Waals surface area contributed by atoms with Gasteiger partial charge in [-0.3, -0.25) is 4.79 Å². The van der Waals surface area contributed by atoms with E-state index in [1.807, 2.05) is 24.3 Å². The largest absolute Gasteiger partial charge is 0.484 e. The van der Waals surface area contributed by atoms with Crippen LogP contribution in [0.2, 0.25) is 0 Å². The molecular formula is C15H23NO2. The Balaban J connectivity index is 2.20. The van der Waals surface area contributed by atoms with Crippen LogP contribution < -0.4 is 10.1 Å². The molecule has 0 unspecified atom stereocenters. The summed E-state index contributed by atoms with van der Waals surface area (Å²) < 4.78 is 5.41. The molecule has 0 aromatic heterocycles. The van der Waals surface area contributed by atoms with Gasteiger partial charge in [0, 0.05) is 6.54 Å². The van der Waals surface area contributed by atoms with Crippen molar-refractivity contribution in [3.05, 3.63) is 29.8 Å². The number of hydrogen-bond acceptors (Lipinski definition) is 2. The van der Waals surface area contributed by atoms with E-state index in [2.05, 4.69) is 19.2 Å². The predicted octanol–water partition coefficient (Wildman–Crippen LogP) is 2.93. The van der Waals surface area contributed by atoms with Crippen molar-refractivity contribution in [1.82, 2.24) is 5.32 Å². The fraction of sp³-hybridized carbons (Fsp3) is 0.533. The first-order chi connectivity index (χ1) is 8.76. The van der Waals surface area contributed by atoms with Gasteiger partial charge in [0.05, 0.1) is 0 Å². The van der Waals surface area contributed by atoms with Gasteiger partial charge in [0.1, 0.15) is 5.75 Å². The smallest absolute Gasteiger partial charge is 0.257 e. The van der Waals surface area contributed by atoms with E-state index in [1.165, 1.54) is 5.56 Å². The maximum absolute atomic E-state index is 11.5. The van der Waals surface area contributed by atoms with E-state index in [0.29, 0.717) is 0 Å². The summed E-state index contributed by atoms with van der Waals surface area (Å²) in [4.78, 5) is 11.5. The Labute approximate surface area is 110 Å². The van der Waals surface area contributed by atoms with E-state index >= 15 is 0 Å². The molecule has 0 bridgehead atoms. The number of hydrogen-bond donors (Lipinski definition) is 1. The van der Waals surface area contributed by atoms with E-state index in [9.17, 15) is 4.79 Å². The van der Waals surface area contributed by atoms with E-state index in [-0.39, 0.29) is 12.5 Å². The van der Waals surface area contributed by atoms with Crippen LogP contribution in [-0.2, 0) is 11.2 Å². The molecular weight excluding hydrogens is 226 g/mol. The standard InChI is InChI=1S/C15H23NO2/c1-3-5-6-11-16-15(17)12-18-14-9-7-13(4-2)8-10-14/h7-10H,3-6,11-12H2,1-2H3,(H,16,17). The topological polar surface area (TPSA) is 38.3 Å². The third kappa shape index (κ3) is 5.71. The second-order valence-corrected chi connectivity index (χ2v) is 4.34. The lowest BCUT2D eigenvalue weighted by atomic mass is 10.2. The number of rotatable bonds is 8. The quantitative estimate of drug-likeness (QED) is 0.719. The number of benzene rings is 1. The summed E-state index contributed by atoms with van der Waals surface area (Å²) in [5, 5.41) is 2.85. The highest BCUT2D eigenvalue weighted by molar-refractivity contribution is 5.77. The predicted molar refractivity (Wildman–Crippen MR) is 73.8 cm³/mol. The molecule has 1 N–H and O–H groups in total. The second kappa shape index (κ2) is 8.56. The first-order valence-corrected chi connectivity index (χ1v) is 6.74. The van der Waals surface area contributed by atoms with Crippen molar-refractivity contribution in [2.45, 2.75) is 39.5 Å². The summed E-state index contributed by atoms with van der Waals surface area (Å²) in [5.41, 5.74) is 1.27. The van der Waals surface area contributed by atoms with Crippen LogP contribution in [-0.4, -0.2) is 19.1 Å². The van der Waals surface area contributed by atoms with Crippen molar-refractivity contribution in [2.24, 2.45) is 0 Å². The third-order valence-corrected chi connectivity index (χ3v) is 2.80. The Kier molecular flexibility index (Phi) is 6.92. The number of amides is 1. The minimum atomic E-state index is -0.0503. The molecule has 1 aromatic rings. The molecule has 3 heteroatoms. The van der Waals surface area contributed by atoms with Gasteiger partial charge in [-0.05, 0) is 30.5 Å². The van der Waals surface area contributed by atoms with Crippen LogP contribution >= 0.6 is 0 Å². The van der Waals surface area contributed by atoms with Gasteiger partial charge in [-0.1, -0.05) is 38.8 Å². The summed E-state index contributed by atoms with van der Waals surface area (Å²) >= 11 is 0. The molecule has 0 atom stereocenters. The van der Waals surface area contributed by atoms with Crippen LogP contribution in [0, 0.1) is 0 Å². The first kappa shape index (κ1) is 14.6. The second-order valence-electron chi connectivity index (χ2n) is 4.34. The highest BCUT2D eigenvalue weighted by atomic mass is 16.5. The minimum Gasteiger partial charge on any atom is -0.484 e. The van der Waals surface area contributed by atoms with Gasteiger partial charge in [0.25, 0.3) is 5.91 Å². The Hall–Kier alpha value is -1.51. The zero-order valence-electron chi connectivity index (χ0n) is 11.4. The molecule has 0 fully saturated rings. The number of unbranched alkanes of at least 4 members (excludes halogenated alkanes) is 2. The summed E-state index contributed by atoms with van der Waals surface area (Å²) in [6.07, 6.45) is 4.36. The van der Waals surface area contributed by atoms with Gasteiger partial charge in [0.15, 0.2) is 6.61 Å². The van der Waals surface area contributed by atoms with Crippen molar-refractivity contribution >= 4 is 5.91 Å². The van der Waals surface area contributed by atoms with Crippen molar-refractivity contribution in [3.8, 4) is 5.75 Å². The Bertz CT molecular complexity index is 346. The lowest BCUT2D eigenvalue weighted by Gasteiger charge is -2.07. The average molecular weight is 249 g/mol. The maximum atomic E-state index is 11.5. The van der Waals surface area contributed by atoms with Gasteiger partial charge < -0.3 is 10.1 Å². The molecule has 3 nitrogen and oxygen atoms in total. The van der Waals surface area contributed by atoms with Crippen LogP contribution in [0.15, 0.2) is 24.3 Å². The number of aryl methyl sites for hydroxylation is 1. The Morgan fingerprint density at radius 1 is 1.17 bits per heavy atom. The highest BCUT2D eigenvalue weighted by Crippen LogP contribution is 2.12. The minimum absolute atomic E-state index is 0.0503. The molecule has 0 aliphatic rings. The molecule has 100 valence electrons.